The van der Waals surface area contributed by atoms with Gasteiger partial charge in [-0.2, -0.15) is 5.26 Å². The summed E-state index contributed by atoms with van der Waals surface area (Å²) in [6.45, 7) is 1.18. The second-order valence-corrected chi connectivity index (χ2v) is 7.68. The molecule has 1 aliphatic rings. The first-order valence-electron chi connectivity index (χ1n) is 10.5. The van der Waals surface area contributed by atoms with Gasteiger partial charge in [0.05, 0.1) is 6.07 Å². The fraction of sp³-hybridized carbons (Fsp3) is 0.375. The molecule has 1 fully saturated rings. The number of hydrogen-bond donors (Lipinski definition) is 2. The average Bonchev–Trinajstić information content (AvgIpc) is 2.80. The van der Waals surface area contributed by atoms with Gasteiger partial charge >= 0.3 is 5.97 Å². The summed E-state index contributed by atoms with van der Waals surface area (Å²) in [6.07, 6.45) is 3.10. The predicted octanol–water partition coefficient (Wildman–Crippen LogP) is 4.08. The Morgan fingerprint density at radius 3 is 2.32 bits per heavy atom. The highest BCUT2D eigenvalue weighted by molar-refractivity contribution is 5.84. The first-order valence-corrected chi connectivity index (χ1v) is 10.5. The van der Waals surface area contributed by atoms with E-state index in [-0.39, 0.29) is 6.61 Å². The van der Waals surface area contributed by atoms with Crippen molar-refractivity contribution in [1.82, 2.24) is 5.32 Å². The number of para-hydroxylation sites is 1. The molecule has 0 unspecified atom stereocenters. The third kappa shape index (κ3) is 6.48. The number of esters is 1. The van der Waals surface area contributed by atoms with Crippen molar-refractivity contribution in [3.8, 4) is 11.8 Å². The van der Waals surface area contributed by atoms with Crippen molar-refractivity contribution in [2.45, 2.75) is 50.7 Å². The highest BCUT2D eigenvalue weighted by Gasteiger charge is 2.35. The number of nitrogens with one attached hydrogen (secondary N) is 2. The normalized spacial score (nSPS) is 15.7. The topological polar surface area (TPSA) is 100 Å². The van der Waals surface area contributed by atoms with E-state index in [1.807, 2.05) is 42.5 Å². The van der Waals surface area contributed by atoms with Gasteiger partial charge in [-0.3, -0.25) is 4.79 Å². The van der Waals surface area contributed by atoms with Crippen molar-refractivity contribution in [3.05, 3.63) is 54.6 Å². The highest BCUT2D eigenvalue weighted by Crippen LogP contribution is 2.27. The number of anilines is 2. The molecule has 0 aromatic heterocycles. The fourth-order valence-corrected chi connectivity index (χ4v) is 3.51. The van der Waals surface area contributed by atoms with Crippen LogP contribution in [-0.4, -0.2) is 30.1 Å². The quantitative estimate of drug-likeness (QED) is 0.623. The number of benzene rings is 2. The maximum absolute atomic E-state index is 12.4. The molecule has 0 bridgehead atoms. The van der Waals surface area contributed by atoms with Crippen LogP contribution in [-0.2, 0) is 14.3 Å². The summed E-state index contributed by atoms with van der Waals surface area (Å²) in [5.74, 6) is -0.602. The van der Waals surface area contributed by atoms with Gasteiger partial charge in [-0.15, -0.1) is 0 Å². The largest absolute Gasteiger partial charge is 0.482 e. The van der Waals surface area contributed by atoms with E-state index in [2.05, 4.69) is 16.7 Å². The Hall–Kier alpha value is -3.53. The second kappa shape index (κ2) is 10.5. The van der Waals surface area contributed by atoms with Crippen LogP contribution < -0.4 is 15.4 Å². The van der Waals surface area contributed by atoms with Gasteiger partial charge in [-0.25, -0.2) is 4.79 Å². The lowest BCUT2D eigenvalue weighted by molar-refractivity contribution is -0.157. The minimum absolute atomic E-state index is 0.313. The lowest BCUT2D eigenvalue weighted by Crippen LogP contribution is -2.52. The van der Waals surface area contributed by atoms with E-state index in [0.29, 0.717) is 18.6 Å². The number of amides is 1. The number of rotatable bonds is 8. The Balaban J connectivity index is 1.44. The number of nitriles is 1. The first kappa shape index (κ1) is 22.2. The molecular formula is C24H27N3O4. The van der Waals surface area contributed by atoms with E-state index in [1.165, 1.54) is 6.92 Å². The van der Waals surface area contributed by atoms with Crippen LogP contribution in [0, 0.1) is 11.3 Å². The zero-order valence-corrected chi connectivity index (χ0v) is 17.6. The minimum Gasteiger partial charge on any atom is -0.482 e. The van der Waals surface area contributed by atoms with E-state index in [1.54, 1.807) is 12.1 Å². The van der Waals surface area contributed by atoms with Crippen LogP contribution in [0.5, 0.6) is 5.75 Å². The van der Waals surface area contributed by atoms with E-state index < -0.39 is 23.5 Å². The molecule has 0 radical (unpaired) electrons. The SMILES string of the molecule is C[C@@H](OC(=O)COc1ccc(Nc2ccccc2)cc1)C(=O)NC1(C#N)CCCCC1. The number of hydrogen-bond acceptors (Lipinski definition) is 6. The smallest absolute Gasteiger partial charge is 0.344 e. The molecule has 2 aromatic rings. The van der Waals surface area contributed by atoms with E-state index >= 15 is 0 Å². The average molecular weight is 421 g/mol. The van der Waals surface area contributed by atoms with Crippen LogP contribution in [0.1, 0.15) is 39.0 Å². The van der Waals surface area contributed by atoms with E-state index in [9.17, 15) is 14.9 Å². The Morgan fingerprint density at radius 1 is 1.03 bits per heavy atom. The summed E-state index contributed by atoms with van der Waals surface area (Å²) < 4.78 is 10.6. The predicted molar refractivity (Wildman–Crippen MR) is 117 cm³/mol. The van der Waals surface area contributed by atoms with Crippen LogP contribution in [0.2, 0.25) is 0 Å². The summed E-state index contributed by atoms with van der Waals surface area (Å²) in [7, 11) is 0. The van der Waals surface area contributed by atoms with Gasteiger partial charge in [0, 0.05) is 11.4 Å². The van der Waals surface area contributed by atoms with Gasteiger partial charge in [0.15, 0.2) is 12.7 Å². The molecule has 0 spiro atoms. The Bertz CT molecular complexity index is 916. The van der Waals surface area contributed by atoms with Crippen molar-refractivity contribution in [2.75, 3.05) is 11.9 Å². The number of ether oxygens (including phenoxy) is 2. The molecule has 1 saturated carbocycles. The minimum atomic E-state index is -0.999. The second-order valence-electron chi connectivity index (χ2n) is 7.68. The third-order valence-corrected chi connectivity index (χ3v) is 5.23. The molecule has 0 heterocycles. The molecule has 162 valence electrons. The van der Waals surface area contributed by atoms with Crippen molar-refractivity contribution in [1.29, 1.82) is 5.26 Å². The lowest BCUT2D eigenvalue weighted by atomic mass is 9.83. The zero-order valence-electron chi connectivity index (χ0n) is 17.6. The van der Waals surface area contributed by atoms with Gasteiger partial charge in [0.2, 0.25) is 0 Å². The third-order valence-electron chi connectivity index (χ3n) is 5.23. The highest BCUT2D eigenvalue weighted by atomic mass is 16.6. The number of nitrogens with zero attached hydrogens (tertiary/aromatic N) is 1. The summed E-state index contributed by atoms with van der Waals surface area (Å²) in [6, 6.07) is 19.2. The molecule has 0 saturated heterocycles. The number of carbonyl (C=O) groups excluding carboxylic acids is 2. The Morgan fingerprint density at radius 2 is 1.68 bits per heavy atom. The molecular weight excluding hydrogens is 394 g/mol. The van der Waals surface area contributed by atoms with Crippen LogP contribution in [0.15, 0.2) is 54.6 Å². The van der Waals surface area contributed by atoms with Gasteiger partial charge in [0.1, 0.15) is 11.3 Å². The molecule has 1 amide bonds. The molecule has 7 heteroatoms. The van der Waals surface area contributed by atoms with Crippen LogP contribution in [0.3, 0.4) is 0 Å². The van der Waals surface area contributed by atoms with Crippen LogP contribution in [0.25, 0.3) is 0 Å². The van der Waals surface area contributed by atoms with Crippen molar-refractivity contribution >= 4 is 23.3 Å². The first-order chi connectivity index (χ1) is 15.0. The standard InChI is InChI=1S/C24H27N3O4/c1-18(23(29)27-24(17-25)14-6-3-7-15-24)31-22(28)16-30-21-12-10-20(11-13-21)26-19-8-4-2-5-9-19/h2,4-5,8-13,18,26H,3,6-7,14-16H2,1H3,(H,27,29)/t18-/m1/s1. The van der Waals surface area contributed by atoms with Gasteiger partial charge in [0.25, 0.3) is 5.91 Å². The molecule has 1 atom stereocenters. The molecule has 3 rings (SSSR count). The Kier molecular flexibility index (Phi) is 7.50. The summed E-state index contributed by atoms with van der Waals surface area (Å²) in [5.41, 5.74) is 1.00. The molecule has 7 nitrogen and oxygen atoms in total. The van der Waals surface area contributed by atoms with Crippen molar-refractivity contribution in [3.63, 3.8) is 0 Å². The summed E-state index contributed by atoms with van der Waals surface area (Å²) in [5, 5.41) is 15.5. The monoisotopic (exact) mass is 421 g/mol. The van der Waals surface area contributed by atoms with Crippen LogP contribution >= 0.6 is 0 Å². The van der Waals surface area contributed by atoms with E-state index in [0.717, 1.165) is 30.6 Å². The summed E-state index contributed by atoms with van der Waals surface area (Å²) in [4.78, 5) is 24.5. The van der Waals surface area contributed by atoms with Gasteiger partial charge < -0.3 is 20.1 Å². The molecule has 1 aliphatic carbocycles. The molecule has 2 aromatic carbocycles. The maximum Gasteiger partial charge on any atom is 0.344 e. The fourth-order valence-electron chi connectivity index (χ4n) is 3.51. The lowest BCUT2D eigenvalue weighted by Gasteiger charge is -2.32. The molecule has 31 heavy (non-hydrogen) atoms. The van der Waals surface area contributed by atoms with Crippen molar-refractivity contribution < 1.29 is 19.1 Å². The van der Waals surface area contributed by atoms with E-state index in [4.69, 9.17) is 9.47 Å². The molecule has 2 N–H and O–H groups in total. The van der Waals surface area contributed by atoms with Gasteiger partial charge in [-0.05, 0) is 56.2 Å². The molecule has 0 aliphatic heterocycles. The van der Waals surface area contributed by atoms with Crippen molar-refractivity contribution in [2.24, 2.45) is 0 Å². The zero-order chi connectivity index (χ0) is 22.1. The van der Waals surface area contributed by atoms with Gasteiger partial charge in [-0.1, -0.05) is 37.5 Å². The summed E-state index contributed by atoms with van der Waals surface area (Å²) >= 11 is 0. The van der Waals surface area contributed by atoms with Crippen LogP contribution in [0.4, 0.5) is 11.4 Å². The maximum atomic E-state index is 12.4. The number of carbonyl (C=O) groups is 2. The Labute approximate surface area is 182 Å².